The molecular weight excluding hydrogens is 320 g/mol. The maximum absolute atomic E-state index is 12.4. The van der Waals surface area contributed by atoms with E-state index >= 15 is 0 Å². The highest BCUT2D eigenvalue weighted by Gasteiger charge is 2.27. The molecule has 0 bridgehead atoms. The predicted molar refractivity (Wildman–Crippen MR) is 93.7 cm³/mol. The third kappa shape index (κ3) is 3.71. The van der Waals surface area contributed by atoms with Crippen molar-refractivity contribution in [2.75, 3.05) is 25.0 Å². The summed E-state index contributed by atoms with van der Waals surface area (Å²) in [7, 11) is 0. The van der Waals surface area contributed by atoms with E-state index in [2.05, 4.69) is 10.3 Å². The molecule has 0 radical (unpaired) electrons. The van der Waals surface area contributed by atoms with Crippen LogP contribution in [0, 0.1) is 13.8 Å². The van der Waals surface area contributed by atoms with Gasteiger partial charge in [0.1, 0.15) is 0 Å². The van der Waals surface area contributed by atoms with Crippen LogP contribution in [0.4, 0.5) is 5.69 Å². The molecule has 2 amide bonds. The minimum absolute atomic E-state index is 0.0450. The Kier molecular flexibility index (Phi) is 4.85. The lowest BCUT2D eigenvalue weighted by Gasteiger charge is -2.31. The number of aryl methyl sites for hydroxylation is 1. The van der Waals surface area contributed by atoms with Crippen molar-refractivity contribution in [3.63, 3.8) is 0 Å². The minimum Gasteiger partial charge on any atom is -0.365 e. The number of morpholine rings is 1. The number of rotatable bonds is 3. The van der Waals surface area contributed by atoms with Crippen LogP contribution in [0.1, 0.15) is 18.3 Å². The highest BCUT2D eigenvalue weighted by Crippen LogP contribution is 2.17. The van der Waals surface area contributed by atoms with Gasteiger partial charge in [0.15, 0.2) is 6.10 Å². The molecule has 1 fully saturated rings. The molecule has 132 valence electrons. The number of hydrogen-bond donors (Lipinski definition) is 1. The summed E-state index contributed by atoms with van der Waals surface area (Å²) in [5.41, 5.74) is 3.73. The van der Waals surface area contributed by atoms with Crippen LogP contribution in [0.3, 0.4) is 0 Å². The SMILES string of the molecule is CC(=O)N1CCOC(C(=O)Nc2ccc(-n3cnc(C)c3C)cc2)C1. The third-order valence-corrected chi connectivity index (χ3v) is 4.47. The van der Waals surface area contributed by atoms with E-state index in [1.807, 2.05) is 42.7 Å². The number of benzene rings is 1. The lowest BCUT2D eigenvalue weighted by molar-refractivity contribution is -0.143. The quantitative estimate of drug-likeness (QED) is 0.921. The van der Waals surface area contributed by atoms with Crippen LogP contribution in [-0.2, 0) is 14.3 Å². The molecule has 1 aromatic carbocycles. The van der Waals surface area contributed by atoms with Crippen molar-refractivity contribution in [1.82, 2.24) is 14.5 Å². The molecule has 7 heteroatoms. The first kappa shape index (κ1) is 17.2. The summed E-state index contributed by atoms with van der Waals surface area (Å²) < 4.78 is 7.48. The zero-order valence-corrected chi connectivity index (χ0v) is 14.7. The van der Waals surface area contributed by atoms with Gasteiger partial charge >= 0.3 is 0 Å². The van der Waals surface area contributed by atoms with E-state index < -0.39 is 6.10 Å². The van der Waals surface area contributed by atoms with Gasteiger partial charge in [0, 0.05) is 30.5 Å². The van der Waals surface area contributed by atoms with E-state index in [1.54, 1.807) is 11.2 Å². The summed E-state index contributed by atoms with van der Waals surface area (Å²) in [6.45, 7) is 6.66. The number of aromatic nitrogens is 2. The Morgan fingerprint density at radius 1 is 1.24 bits per heavy atom. The normalized spacial score (nSPS) is 17.4. The molecule has 1 aliphatic rings. The highest BCUT2D eigenvalue weighted by atomic mass is 16.5. The Balaban J connectivity index is 1.66. The first-order valence-corrected chi connectivity index (χ1v) is 8.24. The Labute approximate surface area is 146 Å². The fourth-order valence-electron chi connectivity index (χ4n) is 2.78. The van der Waals surface area contributed by atoms with Crippen molar-refractivity contribution in [2.24, 2.45) is 0 Å². The number of carbonyl (C=O) groups is 2. The Morgan fingerprint density at radius 2 is 1.96 bits per heavy atom. The van der Waals surface area contributed by atoms with Gasteiger partial charge in [-0.25, -0.2) is 4.98 Å². The predicted octanol–water partition coefficient (Wildman–Crippen LogP) is 1.67. The van der Waals surface area contributed by atoms with Crippen molar-refractivity contribution < 1.29 is 14.3 Å². The van der Waals surface area contributed by atoms with Crippen LogP contribution in [0.5, 0.6) is 0 Å². The molecule has 7 nitrogen and oxygen atoms in total. The molecule has 3 rings (SSSR count). The number of imidazole rings is 1. The van der Waals surface area contributed by atoms with Gasteiger partial charge in [-0.05, 0) is 38.1 Å². The minimum atomic E-state index is -0.643. The van der Waals surface area contributed by atoms with Crippen molar-refractivity contribution in [2.45, 2.75) is 26.9 Å². The summed E-state index contributed by atoms with van der Waals surface area (Å²) in [5.74, 6) is -0.287. The van der Waals surface area contributed by atoms with Gasteiger partial charge in [0.2, 0.25) is 5.91 Å². The molecular formula is C18H22N4O3. The van der Waals surface area contributed by atoms with Gasteiger partial charge in [-0.15, -0.1) is 0 Å². The van der Waals surface area contributed by atoms with Crippen molar-refractivity contribution in [1.29, 1.82) is 0 Å². The second-order valence-electron chi connectivity index (χ2n) is 6.15. The van der Waals surface area contributed by atoms with E-state index in [9.17, 15) is 9.59 Å². The number of nitrogens with zero attached hydrogens (tertiary/aromatic N) is 3. The summed E-state index contributed by atoms with van der Waals surface area (Å²) in [4.78, 5) is 29.7. The summed E-state index contributed by atoms with van der Waals surface area (Å²) in [6.07, 6.45) is 1.14. The average molecular weight is 342 g/mol. The molecule has 25 heavy (non-hydrogen) atoms. The average Bonchev–Trinajstić information content (AvgIpc) is 2.95. The Hall–Kier alpha value is -2.67. The van der Waals surface area contributed by atoms with Crippen LogP contribution < -0.4 is 5.32 Å². The van der Waals surface area contributed by atoms with Crippen LogP contribution in [0.25, 0.3) is 5.69 Å². The maximum atomic E-state index is 12.4. The second-order valence-corrected chi connectivity index (χ2v) is 6.15. The first-order chi connectivity index (χ1) is 12.0. The molecule has 1 aromatic heterocycles. The lowest BCUT2D eigenvalue weighted by Crippen LogP contribution is -2.49. The highest BCUT2D eigenvalue weighted by molar-refractivity contribution is 5.94. The fourth-order valence-corrected chi connectivity index (χ4v) is 2.78. The Morgan fingerprint density at radius 3 is 2.56 bits per heavy atom. The number of anilines is 1. The van der Waals surface area contributed by atoms with E-state index in [4.69, 9.17) is 4.74 Å². The van der Waals surface area contributed by atoms with E-state index in [1.165, 1.54) is 6.92 Å². The van der Waals surface area contributed by atoms with Crippen LogP contribution in [-0.4, -0.2) is 52.1 Å². The van der Waals surface area contributed by atoms with E-state index in [0.29, 0.717) is 18.8 Å². The zero-order valence-electron chi connectivity index (χ0n) is 14.7. The van der Waals surface area contributed by atoms with E-state index in [-0.39, 0.29) is 18.4 Å². The van der Waals surface area contributed by atoms with Gasteiger partial charge in [0.05, 0.1) is 25.2 Å². The number of amides is 2. The van der Waals surface area contributed by atoms with Gasteiger partial charge in [-0.2, -0.15) is 0 Å². The molecule has 1 saturated heterocycles. The van der Waals surface area contributed by atoms with Gasteiger partial charge in [-0.3, -0.25) is 9.59 Å². The van der Waals surface area contributed by atoms with Gasteiger partial charge in [0.25, 0.3) is 5.91 Å². The van der Waals surface area contributed by atoms with Gasteiger partial charge in [-0.1, -0.05) is 0 Å². The molecule has 0 spiro atoms. The van der Waals surface area contributed by atoms with Crippen molar-refractivity contribution in [3.05, 3.63) is 42.0 Å². The van der Waals surface area contributed by atoms with Gasteiger partial charge < -0.3 is 19.5 Å². The van der Waals surface area contributed by atoms with E-state index in [0.717, 1.165) is 17.1 Å². The second kappa shape index (κ2) is 7.06. The molecule has 2 heterocycles. The lowest BCUT2D eigenvalue weighted by atomic mass is 10.2. The number of hydrogen-bond acceptors (Lipinski definition) is 4. The smallest absolute Gasteiger partial charge is 0.255 e. The largest absolute Gasteiger partial charge is 0.365 e. The molecule has 1 aliphatic heterocycles. The monoisotopic (exact) mass is 342 g/mol. The van der Waals surface area contributed by atoms with Crippen molar-refractivity contribution >= 4 is 17.5 Å². The fraction of sp³-hybridized carbons (Fsp3) is 0.389. The first-order valence-electron chi connectivity index (χ1n) is 8.24. The standard InChI is InChI=1S/C18H22N4O3/c1-12-13(2)22(11-19-12)16-6-4-15(5-7-16)20-18(24)17-10-21(14(3)23)8-9-25-17/h4-7,11,17H,8-10H2,1-3H3,(H,20,24). The summed E-state index contributed by atoms with van der Waals surface area (Å²) in [6, 6.07) is 7.53. The number of ether oxygens (including phenoxy) is 1. The number of nitrogens with one attached hydrogen (secondary N) is 1. The summed E-state index contributed by atoms with van der Waals surface area (Å²) in [5, 5.41) is 2.84. The van der Waals surface area contributed by atoms with Crippen LogP contribution in [0.15, 0.2) is 30.6 Å². The molecule has 2 aromatic rings. The van der Waals surface area contributed by atoms with Crippen LogP contribution >= 0.6 is 0 Å². The maximum Gasteiger partial charge on any atom is 0.255 e. The summed E-state index contributed by atoms with van der Waals surface area (Å²) >= 11 is 0. The molecule has 1 atom stereocenters. The third-order valence-electron chi connectivity index (χ3n) is 4.47. The van der Waals surface area contributed by atoms with Crippen molar-refractivity contribution in [3.8, 4) is 5.69 Å². The molecule has 1 unspecified atom stereocenters. The number of carbonyl (C=O) groups excluding carboxylic acids is 2. The molecule has 0 aliphatic carbocycles. The molecule has 0 saturated carbocycles. The molecule has 1 N–H and O–H groups in total. The zero-order chi connectivity index (χ0) is 18.0. The Bertz CT molecular complexity index is 782. The topological polar surface area (TPSA) is 76.5 Å². The van der Waals surface area contributed by atoms with Crippen LogP contribution in [0.2, 0.25) is 0 Å².